The van der Waals surface area contributed by atoms with Crippen LogP contribution in [0, 0.1) is 0 Å². The number of carbonyl (C=O) groups is 1. The average Bonchev–Trinajstić information content (AvgIpc) is 2.72. The molecule has 0 unspecified atom stereocenters. The number of ketones is 1. The Morgan fingerprint density at radius 2 is 1.03 bits per heavy atom. The smallest absolute Gasteiger partial charge is 0.178 e. The van der Waals surface area contributed by atoms with E-state index in [0.717, 1.165) is 22.6 Å². The molecule has 3 nitrogen and oxygen atoms in total. The number of benzene rings is 2. The molecule has 0 aliphatic rings. The number of rotatable bonds is 10. The van der Waals surface area contributed by atoms with Crippen molar-refractivity contribution in [2.24, 2.45) is 0 Å². The minimum absolute atomic E-state index is 0.0669. The second-order valence-electron chi connectivity index (χ2n) is 7.39. The van der Waals surface area contributed by atoms with Gasteiger partial charge in [-0.15, -0.1) is 0 Å². The maximum atomic E-state index is 12.1. The summed E-state index contributed by atoms with van der Waals surface area (Å²) in [5.74, 6) is 1.55. The summed E-state index contributed by atoms with van der Waals surface area (Å²) in [4.78, 5) is 12.1. The van der Waals surface area contributed by atoms with Gasteiger partial charge in [0, 0.05) is 0 Å². The molecule has 2 aromatic carbocycles. The third-order valence-electron chi connectivity index (χ3n) is 4.12. The maximum absolute atomic E-state index is 12.1. The summed E-state index contributed by atoms with van der Waals surface area (Å²) in [6.45, 7) is 9.28. The van der Waals surface area contributed by atoms with Crippen LogP contribution in [0.5, 0.6) is 11.5 Å². The van der Waals surface area contributed by atoms with Gasteiger partial charge in [0.25, 0.3) is 0 Å². The molecule has 0 spiro atoms. The minimum atomic E-state index is -0.0669. The van der Waals surface area contributed by atoms with E-state index in [1.54, 1.807) is 24.3 Å². The van der Waals surface area contributed by atoms with Gasteiger partial charge in [-0.3, -0.25) is 4.79 Å². The van der Waals surface area contributed by atoms with Gasteiger partial charge in [0.15, 0.2) is 5.78 Å². The first-order chi connectivity index (χ1) is 14.4. The summed E-state index contributed by atoms with van der Waals surface area (Å²) in [5, 5.41) is 0. The lowest BCUT2D eigenvalue weighted by Crippen LogP contribution is -1.94. The molecule has 0 atom stereocenters. The molecule has 0 aliphatic heterocycles. The Hall–Kier alpha value is -3.33. The minimum Gasteiger partial charge on any atom is -0.490 e. The summed E-state index contributed by atoms with van der Waals surface area (Å²) in [6.07, 6.45) is 10.8. The van der Waals surface area contributed by atoms with Crippen molar-refractivity contribution < 1.29 is 14.3 Å². The molecule has 0 radical (unpaired) electrons. The molecule has 0 amide bonds. The Balaban J connectivity index is 1.84. The summed E-state index contributed by atoms with van der Waals surface area (Å²) >= 11 is 0. The van der Waals surface area contributed by atoms with E-state index in [1.807, 2.05) is 88.4 Å². The van der Waals surface area contributed by atoms with Crippen LogP contribution in [0.15, 0.2) is 84.0 Å². The Morgan fingerprint density at radius 3 is 1.37 bits per heavy atom. The van der Waals surface area contributed by atoms with Gasteiger partial charge in [-0.05, 0) is 87.4 Å². The van der Waals surface area contributed by atoms with Gasteiger partial charge < -0.3 is 9.47 Å². The predicted molar refractivity (Wildman–Crippen MR) is 126 cm³/mol. The summed E-state index contributed by atoms with van der Waals surface area (Å²) < 4.78 is 11.3. The van der Waals surface area contributed by atoms with Crippen LogP contribution in [0.25, 0.3) is 12.2 Å². The lowest BCUT2D eigenvalue weighted by Gasteiger charge is -2.03. The van der Waals surface area contributed by atoms with Crippen LogP contribution < -0.4 is 9.47 Å². The van der Waals surface area contributed by atoms with Crippen molar-refractivity contribution in [1.82, 2.24) is 0 Å². The maximum Gasteiger partial charge on any atom is 0.178 e. The van der Waals surface area contributed by atoms with Crippen molar-refractivity contribution in [2.75, 3.05) is 13.2 Å². The Bertz CT molecular complexity index is 842. The van der Waals surface area contributed by atoms with Gasteiger partial charge in [-0.1, -0.05) is 47.6 Å². The second-order valence-corrected chi connectivity index (χ2v) is 7.39. The molecule has 0 N–H and O–H groups in total. The zero-order valence-corrected chi connectivity index (χ0v) is 18.2. The number of carbonyl (C=O) groups excluding carboxylic acids is 1. The average molecular weight is 403 g/mol. The summed E-state index contributed by atoms with van der Waals surface area (Å²) in [6, 6.07) is 15.3. The molecule has 3 heteroatoms. The van der Waals surface area contributed by atoms with Crippen LogP contribution >= 0.6 is 0 Å². The first-order valence-electron chi connectivity index (χ1n) is 10.0. The molecule has 156 valence electrons. The zero-order chi connectivity index (χ0) is 21.8. The van der Waals surface area contributed by atoms with E-state index in [0.29, 0.717) is 13.2 Å². The predicted octanol–water partition coefficient (Wildman–Crippen LogP) is 6.67. The van der Waals surface area contributed by atoms with Gasteiger partial charge in [0.05, 0.1) is 0 Å². The van der Waals surface area contributed by atoms with E-state index < -0.39 is 0 Å². The van der Waals surface area contributed by atoms with E-state index in [2.05, 4.69) is 0 Å². The van der Waals surface area contributed by atoms with Gasteiger partial charge in [0.1, 0.15) is 24.7 Å². The highest BCUT2D eigenvalue weighted by Crippen LogP contribution is 2.15. The lowest BCUT2D eigenvalue weighted by molar-refractivity contribution is -0.110. The van der Waals surface area contributed by atoms with E-state index in [9.17, 15) is 4.79 Å². The topological polar surface area (TPSA) is 35.5 Å². The van der Waals surface area contributed by atoms with Gasteiger partial charge >= 0.3 is 0 Å². The van der Waals surface area contributed by atoms with E-state index in [4.69, 9.17) is 9.47 Å². The fourth-order valence-corrected chi connectivity index (χ4v) is 2.37. The van der Waals surface area contributed by atoms with Gasteiger partial charge in [0.2, 0.25) is 0 Å². The highest BCUT2D eigenvalue weighted by molar-refractivity contribution is 6.04. The van der Waals surface area contributed by atoms with E-state index in [1.165, 1.54) is 11.1 Å². The van der Waals surface area contributed by atoms with Crippen LogP contribution in [0.1, 0.15) is 38.8 Å². The Kier molecular flexibility index (Phi) is 9.39. The third-order valence-corrected chi connectivity index (χ3v) is 4.12. The molecule has 0 aliphatic carbocycles. The molecule has 0 saturated heterocycles. The fourth-order valence-electron chi connectivity index (χ4n) is 2.37. The monoisotopic (exact) mass is 402 g/mol. The summed E-state index contributed by atoms with van der Waals surface area (Å²) in [7, 11) is 0. The number of allylic oxidation sites excluding steroid dienone is 4. The van der Waals surface area contributed by atoms with Crippen LogP contribution in [0.4, 0.5) is 0 Å². The number of hydrogen-bond acceptors (Lipinski definition) is 3. The van der Waals surface area contributed by atoms with Gasteiger partial charge in [-0.25, -0.2) is 0 Å². The van der Waals surface area contributed by atoms with Crippen molar-refractivity contribution >= 4 is 17.9 Å². The molecule has 0 aromatic heterocycles. The zero-order valence-electron chi connectivity index (χ0n) is 18.2. The van der Waals surface area contributed by atoms with Crippen molar-refractivity contribution in [3.63, 3.8) is 0 Å². The SMILES string of the molecule is CC(C)=CCOc1ccc(/C=C/C(=O)/C=C/c2ccc(OCC=C(C)C)cc2)cc1. The molecule has 30 heavy (non-hydrogen) atoms. The second kappa shape index (κ2) is 12.3. The Morgan fingerprint density at radius 1 is 0.667 bits per heavy atom. The van der Waals surface area contributed by atoms with Crippen LogP contribution in [0.3, 0.4) is 0 Å². The van der Waals surface area contributed by atoms with E-state index >= 15 is 0 Å². The quantitative estimate of drug-likeness (QED) is 0.329. The first-order valence-corrected chi connectivity index (χ1v) is 10.0. The molecule has 0 heterocycles. The van der Waals surface area contributed by atoms with Gasteiger partial charge in [-0.2, -0.15) is 0 Å². The Labute approximate surface area is 180 Å². The van der Waals surface area contributed by atoms with Crippen molar-refractivity contribution in [2.45, 2.75) is 27.7 Å². The number of ether oxygens (including phenoxy) is 2. The van der Waals surface area contributed by atoms with Crippen molar-refractivity contribution in [3.8, 4) is 11.5 Å². The molecule has 2 aromatic rings. The highest BCUT2D eigenvalue weighted by atomic mass is 16.5. The molecule has 0 fully saturated rings. The highest BCUT2D eigenvalue weighted by Gasteiger charge is 1.96. The molecular weight excluding hydrogens is 372 g/mol. The first kappa shape index (κ1) is 23.0. The normalized spacial score (nSPS) is 10.8. The van der Waals surface area contributed by atoms with Crippen LogP contribution in [-0.4, -0.2) is 19.0 Å². The molecular formula is C27H30O3. The summed E-state index contributed by atoms with van der Waals surface area (Å²) in [5.41, 5.74) is 4.35. The van der Waals surface area contributed by atoms with Crippen molar-refractivity contribution in [1.29, 1.82) is 0 Å². The standard InChI is InChI=1S/C27H30O3/c1-21(2)17-19-29-26-13-7-23(8-14-26)5-11-25(28)12-6-24-9-15-27(16-10-24)30-20-18-22(3)4/h5-18H,19-20H2,1-4H3/b11-5+,12-6+. The number of hydrogen-bond donors (Lipinski definition) is 0. The largest absolute Gasteiger partial charge is 0.490 e. The van der Waals surface area contributed by atoms with Crippen LogP contribution in [-0.2, 0) is 4.79 Å². The third kappa shape index (κ3) is 9.24. The fraction of sp³-hybridized carbons (Fsp3) is 0.222. The van der Waals surface area contributed by atoms with Crippen molar-refractivity contribution in [3.05, 3.63) is 95.1 Å². The molecule has 2 rings (SSSR count). The molecule has 0 bridgehead atoms. The van der Waals surface area contributed by atoms with Crippen LogP contribution in [0.2, 0.25) is 0 Å². The lowest BCUT2D eigenvalue weighted by atomic mass is 10.1. The molecule has 0 saturated carbocycles. The van der Waals surface area contributed by atoms with E-state index in [-0.39, 0.29) is 5.78 Å².